The average molecular weight is 456 g/mol. The lowest BCUT2D eigenvalue weighted by Crippen LogP contribution is -2.36. The van der Waals surface area contributed by atoms with Gasteiger partial charge in [0.1, 0.15) is 10.0 Å². The van der Waals surface area contributed by atoms with Crippen LogP contribution in [-0.2, 0) is 20.9 Å². The van der Waals surface area contributed by atoms with E-state index in [1.807, 2.05) is 0 Å². The molecule has 1 saturated heterocycles. The molecule has 0 saturated carbocycles. The van der Waals surface area contributed by atoms with E-state index in [1.165, 1.54) is 12.1 Å². The second-order valence-corrected chi connectivity index (χ2v) is 8.25. The number of halogens is 5. The van der Waals surface area contributed by atoms with Crippen LogP contribution < -0.4 is 9.62 Å². The van der Waals surface area contributed by atoms with Crippen molar-refractivity contribution in [2.75, 3.05) is 35.9 Å². The van der Waals surface area contributed by atoms with Crippen molar-refractivity contribution in [3.05, 3.63) is 46.2 Å². The lowest BCUT2D eigenvalue weighted by Gasteiger charge is -2.31. The molecule has 2 aromatic rings. The summed E-state index contributed by atoms with van der Waals surface area (Å²) >= 11 is 11.5. The van der Waals surface area contributed by atoms with Crippen LogP contribution in [0.4, 0.5) is 24.5 Å². The number of hydrogen-bond acceptors (Lipinski definition) is 5. The Morgan fingerprint density at radius 1 is 1.11 bits per heavy atom. The minimum absolute atomic E-state index is 0.0166. The molecule has 152 valence electrons. The van der Waals surface area contributed by atoms with Gasteiger partial charge in [-0.25, -0.2) is 13.4 Å². The summed E-state index contributed by atoms with van der Waals surface area (Å²) in [5.41, 5.74) is -0.900. The number of nitrogens with one attached hydrogen (secondary N) is 1. The number of nitrogens with zero attached hydrogens (tertiary/aromatic N) is 2. The summed E-state index contributed by atoms with van der Waals surface area (Å²) in [6.45, 7) is 1.56. The van der Waals surface area contributed by atoms with Crippen LogP contribution >= 0.6 is 23.2 Å². The Hall–Kier alpha value is -1.75. The molecule has 3 rings (SSSR count). The Morgan fingerprint density at radius 3 is 2.39 bits per heavy atom. The van der Waals surface area contributed by atoms with E-state index in [-0.39, 0.29) is 16.0 Å². The van der Waals surface area contributed by atoms with Gasteiger partial charge in [0.2, 0.25) is 0 Å². The number of morpholine rings is 1. The molecule has 6 nitrogen and oxygen atoms in total. The summed E-state index contributed by atoms with van der Waals surface area (Å²) in [6.07, 6.45) is -4.64. The van der Waals surface area contributed by atoms with Gasteiger partial charge in [-0.3, -0.25) is 4.72 Å². The third-order valence-electron chi connectivity index (χ3n) is 3.99. The molecule has 2 heterocycles. The highest BCUT2D eigenvalue weighted by molar-refractivity contribution is 7.92. The molecule has 0 aliphatic carbocycles. The van der Waals surface area contributed by atoms with Crippen LogP contribution in [-0.4, -0.2) is 39.7 Å². The van der Waals surface area contributed by atoms with Gasteiger partial charge in [0.15, 0.2) is 5.15 Å². The third-order valence-corrected chi connectivity index (χ3v) is 6.00. The second-order valence-electron chi connectivity index (χ2n) is 5.86. The molecule has 0 amide bonds. The molecule has 0 bridgehead atoms. The minimum atomic E-state index is -4.64. The molecule has 28 heavy (non-hydrogen) atoms. The quantitative estimate of drug-likeness (QED) is 0.704. The van der Waals surface area contributed by atoms with Crippen LogP contribution in [0.3, 0.4) is 0 Å². The Bertz CT molecular complexity index is 981. The average Bonchev–Trinajstić information content (AvgIpc) is 2.61. The van der Waals surface area contributed by atoms with Crippen molar-refractivity contribution in [1.82, 2.24) is 4.98 Å². The molecular weight excluding hydrogens is 442 g/mol. The number of sulfonamides is 1. The zero-order chi connectivity index (χ0) is 20.5. The summed E-state index contributed by atoms with van der Waals surface area (Å²) in [7, 11) is -4.31. The molecular formula is C16H14Cl2F3N3O3S. The van der Waals surface area contributed by atoms with Gasteiger partial charge in [-0.2, -0.15) is 13.2 Å². The van der Waals surface area contributed by atoms with Gasteiger partial charge in [-0.15, -0.1) is 0 Å². The number of anilines is 2. The number of alkyl halides is 3. The van der Waals surface area contributed by atoms with Crippen molar-refractivity contribution < 1.29 is 26.3 Å². The lowest BCUT2D eigenvalue weighted by atomic mass is 10.1. The molecule has 1 aliphatic rings. The molecule has 1 aromatic carbocycles. The molecule has 12 heteroatoms. The van der Waals surface area contributed by atoms with Crippen LogP contribution in [0.5, 0.6) is 0 Å². The summed E-state index contributed by atoms with van der Waals surface area (Å²) in [5, 5.41) is -0.406. The van der Waals surface area contributed by atoms with E-state index in [1.54, 1.807) is 4.90 Å². The summed E-state index contributed by atoms with van der Waals surface area (Å²) in [5.74, 6) is 0. The molecule has 0 atom stereocenters. The smallest absolute Gasteiger partial charge is 0.378 e. The molecule has 1 fully saturated rings. The normalized spacial score (nSPS) is 15.5. The van der Waals surface area contributed by atoms with E-state index in [4.69, 9.17) is 27.9 Å². The van der Waals surface area contributed by atoms with E-state index in [0.29, 0.717) is 32.0 Å². The van der Waals surface area contributed by atoms with Crippen molar-refractivity contribution in [2.24, 2.45) is 0 Å². The van der Waals surface area contributed by atoms with E-state index in [9.17, 15) is 21.6 Å². The molecule has 1 N–H and O–H groups in total. The molecule has 0 unspecified atom stereocenters. The molecule has 1 aromatic heterocycles. The first-order chi connectivity index (χ1) is 13.1. The number of hydrogen-bond donors (Lipinski definition) is 1. The highest BCUT2D eigenvalue weighted by Gasteiger charge is 2.32. The van der Waals surface area contributed by atoms with Crippen LogP contribution in [0.1, 0.15) is 5.56 Å². The van der Waals surface area contributed by atoms with E-state index in [2.05, 4.69) is 9.71 Å². The van der Waals surface area contributed by atoms with Gasteiger partial charge in [0, 0.05) is 13.1 Å². The highest BCUT2D eigenvalue weighted by atomic mass is 35.5. The van der Waals surface area contributed by atoms with Crippen LogP contribution in [0.25, 0.3) is 0 Å². The SMILES string of the molecule is O=S(=O)(Nc1cc(C(F)(F)F)ccc1N1CCOCC1)c1ccc(Cl)nc1Cl. The topological polar surface area (TPSA) is 71.5 Å². The summed E-state index contributed by atoms with van der Waals surface area (Å²) in [4.78, 5) is 5.00. The molecule has 0 spiro atoms. The second kappa shape index (κ2) is 7.94. The minimum Gasteiger partial charge on any atom is -0.378 e. The highest BCUT2D eigenvalue weighted by Crippen LogP contribution is 2.37. The Balaban J connectivity index is 2.04. The van der Waals surface area contributed by atoms with Crippen LogP contribution in [0.2, 0.25) is 10.3 Å². The third kappa shape index (κ3) is 4.62. The van der Waals surface area contributed by atoms with Crippen LogP contribution in [0, 0.1) is 0 Å². The van der Waals surface area contributed by atoms with Crippen LogP contribution in [0.15, 0.2) is 35.2 Å². The molecule has 1 aliphatic heterocycles. The van der Waals surface area contributed by atoms with Gasteiger partial charge < -0.3 is 9.64 Å². The van der Waals surface area contributed by atoms with Crippen molar-refractivity contribution in [1.29, 1.82) is 0 Å². The molecule has 0 radical (unpaired) electrons. The summed E-state index contributed by atoms with van der Waals surface area (Å²) in [6, 6.07) is 5.23. The fourth-order valence-corrected chi connectivity index (χ4v) is 4.40. The van der Waals surface area contributed by atoms with Crippen molar-refractivity contribution in [2.45, 2.75) is 11.1 Å². The maximum absolute atomic E-state index is 13.1. The van der Waals surface area contributed by atoms with Gasteiger partial charge in [-0.05, 0) is 30.3 Å². The van der Waals surface area contributed by atoms with Crippen molar-refractivity contribution in [3.8, 4) is 0 Å². The van der Waals surface area contributed by atoms with Gasteiger partial charge in [-0.1, -0.05) is 23.2 Å². The number of rotatable bonds is 4. The number of benzene rings is 1. The lowest BCUT2D eigenvalue weighted by molar-refractivity contribution is -0.137. The fraction of sp³-hybridized carbons (Fsp3) is 0.312. The fourth-order valence-electron chi connectivity index (χ4n) is 2.67. The summed E-state index contributed by atoms with van der Waals surface area (Å²) < 4.78 is 72.3. The van der Waals surface area contributed by atoms with E-state index in [0.717, 1.165) is 18.2 Å². The van der Waals surface area contributed by atoms with E-state index < -0.39 is 26.7 Å². The standard InChI is InChI=1S/C16H14Cl2F3N3O3S/c17-14-4-3-13(15(18)22-14)28(25,26)23-11-9-10(16(19,20)21)1-2-12(11)24-5-7-27-8-6-24/h1-4,9,23H,5-8H2. The maximum atomic E-state index is 13.1. The number of pyridine rings is 1. The van der Waals surface area contributed by atoms with Gasteiger partial charge in [0.25, 0.3) is 10.0 Å². The zero-order valence-corrected chi connectivity index (χ0v) is 16.5. The number of aromatic nitrogens is 1. The monoisotopic (exact) mass is 455 g/mol. The predicted molar refractivity (Wildman–Crippen MR) is 99.5 cm³/mol. The predicted octanol–water partition coefficient (Wildman–Crippen LogP) is 4.04. The first kappa shape index (κ1) is 21.0. The first-order valence-electron chi connectivity index (χ1n) is 7.97. The van der Waals surface area contributed by atoms with E-state index >= 15 is 0 Å². The van der Waals surface area contributed by atoms with Gasteiger partial charge in [0.05, 0.1) is 30.2 Å². The first-order valence-corrected chi connectivity index (χ1v) is 10.2. The largest absolute Gasteiger partial charge is 0.416 e. The maximum Gasteiger partial charge on any atom is 0.416 e. The zero-order valence-electron chi connectivity index (χ0n) is 14.1. The van der Waals surface area contributed by atoms with Crippen molar-refractivity contribution >= 4 is 44.6 Å². The van der Waals surface area contributed by atoms with Gasteiger partial charge >= 0.3 is 6.18 Å². The Labute approximate surface area is 169 Å². The Morgan fingerprint density at radius 2 is 1.79 bits per heavy atom. The number of ether oxygens (including phenoxy) is 1. The Kier molecular flexibility index (Phi) is 5.95. The van der Waals surface area contributed by atoms with Crippen molar-refractivity contribution in [3.63, 3.8) is 0 Å².